The third-order valence-corrected chi connectivity index (χ3v) is 1.33. The number of amides is 1. The van der Waals surface area contributed by atoms with Crippen molar-refractivity contribution in [1.82, 2.24) is 4.90 Å². The number of rotatable bonds is 2. The third-order valence-electron chi connectivity index (χ3n) is 1.33. The molecule has 70 valence electrons. The van der Waals surface area contributed by atoms with Crippen molar-refractivity contribution in [3.63, 3.8) is 0 Å². The second kappa shape index (κ2) is 5.42. The van der Waals surface area contributed by atoms with Gasteiger partial charge in [-0.25, -0.2) is 4.79 Å². The molecule has 0 saturated carbocycles. The van der Waals surface area contributed by atoms with E-state index in [0.29, 0.717) is 0 Å². The quantitative estimate of drug-likeness (QED) is 0.696. The molecule has 0 aliphatic heterocycles. The molecule has 0 aromatic rings. The fourth-order valence-corrected chi connectivity index (χ4v) is 1.04. The van der Waals surface area contributed by atoms with Crippen LogP contribution in [-0.4, -0.2) is 28.2 Å². The summed E-state index contributed by atoms with van der Waals surface area (Å²) in [6, 6.07) is 0.134. The molecule has 0 bridgehead atoms. The molecule has 4 heteroatoms. The molecule has 0 aliphatic carbocycles. The predicted octanol–water partition coefficient (Wildman–Crippen LogP) is 1.78. The Morgan fingerprint density at radius 3 is 1.45 bits per heavy atom. The third kappa shape index (κ3) is 4.25. The van der Waals surface area contributed by atoms with Gasteiger partial charge < -0.3 is 10.0 Å². The minimum atomic E-state index is -0.843. The Kier molecular flexibility index (Phi) is 6.58. The number of hydrogen-bond acceptors (Lipinski definition) is 1. The first-order valence-electron chi connectivity index (χ1n) is 3.48. The number of hydrogen-bond donors (Lipinski definition) is 1. The monoisotopic (exact) mass is 203 g/mol. The van der Waals surface area contributed by atoms with Gasteiger partial charge in [0.25, 0.3) is 0 Å². The van der Waals surface area contributed by atoms with Crippen molar-refractivity contribution in [2.45, 2.75) is 39.8 Å². The Balaban J connectivity index is 0. The topological polar surface area (TPSA) is 40.5 Å². The van der Waals surface area contributed by atoms with Crippen LogP contribution in [0.15, 0.2) is 0 Å². The molecule has 0 aromatic heterocycles. The van der Waals surface area contributed by atoms with E-state index in [1.807, 2.05) is 27.7 Å². The standard InChI is InChI=1S/C7H15NO2.Ni/c1-5(2)8(6(3)4)7(9)10;/h5-6H,1-4H3,(H,9,10);. The average Bonchev–Trinajstić information content (AvgIpc) is 1.59. The summed E-state index contributed by atoms with van der Waals surface area (Å²) in [4.78, 5) is 11.9. The normalized spacial score (nSPS) is 9.64. The molecule has 0 radical (unpaired) electrons. The molecule has 0 fully saturated rings. The summed E-state index contributed by atoms with van der Waals surface area (Å²) in [6.45, 7) is 7.48. The summed E-state index contributed by atoms with van der Waals surface area (Å²) in [5, 5.41) is 8.64. The second-order valence-corrected chi connectivity index (χ2v) is 2.88. The summed E-state index contributed by atoms with van der Waals surface area (Å²) >= 11 is 0. The molecule has 0 heterocycles. The molecular weight excluding hydrogens is 189 g/mol. The van der Waals surface area contributed by atoms with E-state index >= 15 is 0 Å². The van der Waals surface area contributed by atoms with Gasteiger partial charge in [-0.15, -0.1) is 0 Å². The van der Waals surface area contributed by atoms with Gasteiger partial charge in [0, 0.05) is 28.6 Å². The number of nitrogens with zero attached hydrogens (tertiary/aromatic N) is 1. The van der Waals surface area contributed by atoms with Gasteiger partial charge in [-0.2, -0.15) is 0 Å². The molecule has 0 aliphatic rings. The molecular formula is C7H15NNiO2. The van der Waals surface area contributed by atoms with Crippen LogP contribution in [0, 0.1) is 0 Å². The maximum Gasteiger partial charge on any atom is 0.407 e. The average molecular weight is 204 g/mol. The van der Waals surface area contributed by atoms with E-state index in [2.05, 4.69) is 0 Å². The summed E-state index contributed by atoms with van der Waals surface area (Å²) in [7, 11) is 0. The van der Waals surface area contributed by atoms with Crippen molar-refractivity contribution in [3.8, 4) is 0 Å². The van der Waals surface area contributed by atoms with Crippen molar-refractivity contribution in [3.05, 3.63) is 0 Å². The van der Waals surface area contributed by atoms with Crippen LogP contribution in [0.1, 0.15) is 27.7 Å². The number of carbonyl (C=O) groups is 1. The summed E-state index contributed by atoms with van der Waals surface area (Å²) in [6.07, 6.45) is -0.843. The van der Waals surface area contributed by atoms with Gasteiger partial charge in [0.1, 0.15) is 0 Å². The molecule has 0 atom stereocenters. The zero-order valence-corrected chi connectivity index (χ0v) is 8.26. The van der Waals surface area contributed by atoms with Crippen LogP contribution in [-0.2, 0) is 16.5 Å². The second-order valence-electron chi connectivity index (χ2n) is 2.88. The van der Waals surface area contributed by atoms with Crippen LogP contribution in [0.5, 0.6) is 0 Å². The first kappa shape index (κ1) is 13.4. The van der Waals surface area contributed by atoms with Gasteiger partial charge in [-0.3, -0.25) is 0 Å². The van der Waals surface area contributed by atoms with Crippen LogP contribution in [0.2, 0.25) is 0 Å². The number of carboxylic acid groups (broad SMARTS) is 1. The van der Waals surface area contributed by atoms with Crippen LogP contribution in [0.3, 0.4) is 0 Å². The van der Waals surface area contributed by atoms with Crippen molar-refractivity contribution in [2.75, 3.05) is 0 Å². The van der Waals surface area contributed by atoms with E-state index in [1.165, 1.54) is 4.90 Å². The van der Waals surface area contributed by atoms with Gasteiger partial charge in [0.2, 0.25) is 0 Å². The first-order chi connectivity index (χ1) is 4.46. The van der Waals surface area contributed by atoms with Gasteiger partial charge in [0.05, 0.1) is 0 Å². The Morgan fingerprint density at radius 2 is 1.45 bits per heavy atom. The Hall–Kier alpha value is -0.236. The first-order valence-corrected chi connectivity index (χ1v) is 3.48. The zero-order valence-electron chi connectivity index (χ0n) is 7.27. The minimum absolute atomic E-state index is 0. The molecule has 0 rings (SSSR count). The van der Waals surface area contributed by atoms with E-state index < -0.39 is 6.09 Å². The van der Waals surface area contributed by atoms with E-state index in [9.17, 15) is 4.79 Å². The molecule has 0 saturated heterocycles. The van der Waals surface area contributed by atoms with Crippen molar-refractivity contribution in [2.24, 2.45) is 0 Å². The van der Waals surface area contributed by atoms with Crippen LogP contribution in [0.25, 0.3) is 0 Å². The molecule has 1 amide bonds. The smallest absolute Gasteiger partial charge is 0.407 e. The maximum atomic E-state index is 10.5. The van der Waals surface area contributed by atoms with Gasteiger partial charge >= 0.3 is 6.09 Å². The fourth-order valence-electron chi connectivity index (χ4n) is 1.04. The largest absolute Gasteiger partial charge is 0.465 e. The van der Waals surface area contributed by atoms with E-state index in [4.69, 9.17) is 5.11 Å². The van der Waals surface area contributed by atoms with Gasteiger partial charge in [-0.1, -0.05) is 0 Å². The molecule has 3 nitrogen and oxygen atoms in total. The van der Waals surface area contributed by atoms with Crippen LogP contribution >= 0.6 is 0 Å². The molecule has 0 unspecified atom stereocenters. The summed E-state index contributed by atoms with van der Waals surface area (Å²) < 4.78 is 0. The zero-order chi connectivity index (χ0) is 8.31. The summed E-state index contributed by atoms with van der Waals surface area (Å²) in [5.74, 6) is 0. The summed E-state index contributed by atoms with van der Waals surface area (Å²) in [5.41, 5.74) is 0. The Labute approximate surface area is 77.7 Å². The minimum Gasteiger partial charge on any atom is -0.465 e. The SMILES string of the molecule is CC(C)N(C(=O)O)C(C)C.[Ni]. The molecule has 1 N–H and O–H groups in total. The Bertz CT molecular complexity index is 118. The van der Waals surface area contributed by atoms with Crippen molar-refractivity contribution in [1.29, 1.82) is 0 Å². The fraction of sp³-hybridized carbons (Fsp3) is 0.857. The van der Waals surface area contributed by atoms with E-state index in [-0.39, 0.29) is 28.6 Å². The molecule has 0 spiro atoms. The van der Waals surface area contributed by atoms with Gasteiger partial charge in [0.15, 0.2) is 0 Å². The molecule has 11 heavy (non-hydrogen) atoms. The van der Waals surface area contributed by atoms with Crippen molar-refractivity contribution >= 4 is 6.09 Å². The van der Waals surface area contributed by atoms with Crippen molar-refractivity contribution < 1.29 is 26.4 Å². The van der Waals surface area contributed by atoms with E-state index in [0.717, 1.165) is 0 Å². The predicted molar refractivity (Wildman–Crippen MR) is 40.1 cm³/mol. The van der Waals surface area contributed by atoms with Crippen LogP contribution < -0.4 is 0 Å². The molecule has 0 aromatic carbocycles. The Morgan fingerprint density at radius 1 is 1.18 bits per heavy atom. The van der Waals surface area contributed by atoms with E-state index in [1.54, 1.807) is 0 Å². The van der Waals surface area contributed by atoms with Crippen LogP contribution in [0.4, 0.5) is 4.79 Å². The van der Waals surface area contributed by atoms with Gasteiger partial charge in [-0.05, 0) is 27.7 Å². The maximum absolute atomic E-state index is 10.5.